The molecule has 6 heteroatoms. The number of halogens is 1. The average molecular weight is 337 g/mol. The van der Waals surface area contributed by atoms with Gasteiger partial charge in [0.25, 0.3) is 0 Å². The van der Waals surface area contributed by atoms with Crippen LogP contribution in [0.1, 0.15) is 0 Å². The lowest BCUT2D eigenvalue weighted by molar-refractivity contribution is 0.209. The van der Waals surface area contributed by atoms with Gasteiger partial charge in [-0.3, -0.25) is 4.90 Å². The Hall–Kier alpha value is -2.08. The van der Waals surface area contributed by atoms with Gasteiger partial charge in [0.15, 0.2) is 0 Å². The molecule has 0 saturated heterocycles. The number of ether oxygens (including phenoxy) is 2. The van der Waals surface area contributed by atoms with E-state index in [0.29, 0.717) is 17.4 Å². The first kappa shape index (κ1) is 14.3. The summed E-state index contributed by atoms with van der Waals surface area (Å²) in [6.45, 7) is 0. The van der Waals surface area contributed by atoms with E-state index in [0.717, 1.165) is 4.47 Å². The molecule has 5 nitrogen and oxygen atoms in total. The molecule has 1 heterocycles. The van der Waals surface area contributed by atoms with E-state index in [9.17, 15) is 4.79 Å². The zero-order chi connectivity index (χ0) is 14.5. The lowest BCUT2D eigenvalue weighted by Crippen LogP contribution is -2.30. The molecule has 0 spiro atoms. The summed E-state index contributed by atoms with van der Waals surface area (Å²) in [5.41, 5.74) is 0. The zero-order valence-electron chi connectivity index (χ0n) is 11.0. The second-order valence-electron chi connectivity index (χ2n) is 3.92. The summed E-state index contributed by atoms with van der Waals surface area (Å²) < 4.78 is 11.1. The van der Waals surface area contributed by atoms with Gasteiger partial charge >= 0.3 is 6.09 Å². The van der Waals surface area contributed by atoms with Crippen molar-refractivity contribution in [2.45, 2.75) is 0 Å². The Morgan fingerprint density at radius 2 is 2.00 bits per heavy atom. The summed E-state index contributed by atoms with van der Waals surface area (Å²) in [5, 5.41) is 0. The molecule has 0 unspecified atom stereocenters. The molecule has 0 saturated carbocycles. The van der Waals surface area contributed by atoms with Crippen molar-refractivity contribution in [2.75, 3.05) is 19.1 Å². The maximum atomic E-state index is 12.0. The Morgan fingerprint density at radius 1 is 1.25 bits per heavy atom. The number of hydrogen-bond donors (Lipinski definition) is 0. The minimum absolute atomic E-state index is 0.435. The quantitative estimate of drug-likeness (QED) is 0.860. The average Bonchev–Trinajstić information content (AvgIpc) is 2.46. The van der Waals surface area contributed by atoms with Crippen LogP contribution in [0.3, 0.4) is 0 Å². The summed E-state index contributed by atoms with van der Waals surface area (Å²) in [7, 11) is 3.11. The van der Waals surface area contributed by atoms with Gasteiger partial charge in [0.05, 0.1) is 7.11 Å². The predicted molar refractivity (Wildman–Crippen MR) is 79.4 cm³/mol. The van der Waals surface area contributed by atoms with Crippen molar-refractivity contribution in [2.24, 2.45) is 0 Å². The number of rotatable bonds is 3. The summed E-state index contributed by atoms with van der Waals surface area (Å²) in [4.78, 5) is 17.5. The zero-order valence-corrected chi connectivity index (χ0v) is 12.6. The van der Waals surface area contributed by atoms with Crippen molar-refractivity contribution >= 4 is 27.8 Å². The summed E-state index contributed by atoms with van der Waals surface area (Å²) in [5.74, 6) is 1.34. The number of aromatic nitrogens is 1. The fourth-order valence-electron chi connectivity index (χ4n) is 1.50. The SMILES string of the molecule is COc1cccc(N(C)C(=O)Oc2cccc(Br)c2)n1. The third kappa shape index (κ3) is 3.48. The molecular weight excluding hydrogens is 324 g/mol. The third-order valence-corrected chi connectivity index (χ3v) is 3.03. The van der Waals surface area contributed by atoms with Crippen molar-refractivity contribution < 1.29 is 14.3 Å². The van der Waals surface area contributed by atoms with Gasteiger partial charge in [-0.25, -0.2) is 4.79 Å². The second kappa shape index (κ2) is 6.38. The van der Waals surface area contributed by atoms with Crippen molar-refractivity contribution in [3.05, 3.63) is 46.9 Å². The van der Waals surface area contributed by atoms with Crippen LogP contribution >= 0.6 is 15.9 Å². The van der Waals surface area contributed by atoms with Gasteiger partial charge < -0.3 is 9.47 Å². The van der Waals surface area contributed by atoms with Gasteiger partial charge in [0.2, 0.25) is 5.88 Å². The van der Waals surface area contributed by atoms with E-state index < -0.39 is 6.09 Å². The number of benzene rings is 1. The second-order valence-corrected chi connectivity index (χ2v) is 4.84. The van der Waals surface area contributed by atoms with E-state index in [2.05, 4.69) is 20.9 Å². The molecule has 1 amide bonds. The minimum Gasteiger partial charge on any atom is -0.481 e. The minimum atomic E-state index is -0.524. The van der Waals surface area contributed by atoms with Crippen LogP contribution < -0.4 is 14.4 Å². The molecule has 0 N–H and O–H groups in total. The first-order chi connectivity index (χ1) is 9.60. The maximum Gasteiger partial charge on any atom is 0.420 e. The maximum absolute atomic E-state index is 12.0. The molecule has 0 fully saturated rings. The number of carbonyl (C=O) groups is 1. The standard InChI is InChI=1S/C14H13BrN2O3/c1-17(12-7-4-8-13(16-12)19-2)14(18)20-11-6-3-5-10(15)9-11/h3-9H,1-2H3. The van der Waals surface area contributed by atoms with Crippen molar-refractivity contribution in [1.82, 2.24) is 4.98 Å². The molecule has 2 aromatic rings. The molecule has 1 aromatic carbocycles. The van der Waals surface area contributed by atoms with Gasteiger partial charge in [-0.2, -0.15) is 4.98 Å². The number of amides is 1. The van der Waals surface area contributed by atoms with E-state index in [1.165, 1.54) is 12.0 Å². The van der Waals surface area contributed by atoms with Crippen LogP contribution in [0.25, 0.3) is 0 Å². The predicted octanol–water partition coefficient (Wildman–Crippen LogP) is 3.49. The van der Waals surface area contributed by atoms with E-state index in [1.807, 2.05) is 6.07 Å². The largest absolute Gasteiger partial charge is 0.481 e. The molecule has 0 aliphatic heterocycles. The van der Waals surface area contributed by atoms with Crippen molar-refractivity contribution in [1.29, 1.82) is 0 Å². The summed E-state index contributed by atoms with van der Waals surface area (Å²) >= 11 is 3.32. The normalized spacial score (nSPS) is 9.95. The van der Waals surface area contributed by atoms with Crippen molar-refractivity contribution in [3.8, 4) is 11.6 Å². The highest BCUT2D eigenvalue weighted by molar-refractivity contribution is 9.10. The first-order valence-corrected chi connectivity index (χ1v) is 6.61. The fourth-order valence-corrected chi connectivity index (χ4v) is 1.88. The number of pyridine rings is 1. The summed E-state index contributed by atoms with van der Waals surface area (Å²) in [6.07, 6.45) is -0.524. The van der Waals surface area contributed by atoms with Gasteiger partial charge in [0.1, 0.15) is 11.6 Å². The van der Waals surface area contributed by atoms with Crippen LogP contribution in [-0.4, -0.2) is 25.2 Å². The van der Waals surface area contributed by atoms with Gasteiger partial charge in [-0.1, -0.05) is 28.1 Å². The highest BCUT2D eigenvalue weighted by atomic mass is 79.9. The third-order valence-electron chi connectivity index (χ3n) is 2.54. The molecule has 104 valence electrons. The lowest BCUT2D eigenvalue weighted by atomic mass is 10.3. The fraction of sp³-hybridized carbons (Fsp3) is 0.143. The van der Waals surface area contributed by atoms with Crippen LogP contribution in [0.4, 0.5) is 10.6 Å². The number of anilines is 1. The Kier molecular flexibility index (Phi) is 4.57. The van der Waals surface area contributed by atoms with Crippen LogP contribution in [0.2, 0.25) is 0 Å². The number of nitrogens with zero attached hydrogens (tertiary/aromatic N) is 2. The molecule has 1 aromatic heterocycles. The van der Waals surface area contributed by atoms with E-state index in [4.69, 9.17) is 9.47 Å². The van der Waals surface area contributed by atoms with E-state index in [1.54, 1.807) is 43.4 Å². The van der Waals surface area contributed by atoms with Crippen LogP contribution in [0.5, 0.6) is 11.6 Å². The van der Waals surface area contributed by atoms with Crippen LogP contribution in [0.15, 0.2) is 46.9 Å². The smallest absolute Gasteiger partial charge is 0.420 e. The van der Waals surface area contributed by atoms with E-state index in [-0.39, 0.29) is 0 Å². The first-order valence-electron chi connectivity index (χ1n) is 5.82. The lowest BCUT2D eigenvalue weighted by Gasteiger charge is -2.16. The molecule has 0 aliphatic carbocycles. The number of hydrogen-bond acceptors (Lipinski definition) is 4. The summed E-state index contributed by atoms with van der Waals surface area (Å²) in [6, 6.07) is 12.2. The molecule has 0 aliphatic rings. The van der Waals surface area contributed by atoms with Gasteiger partial charge in [-0.15, -0.1) is 0 Å². The molecule has 0 bridgehead atoms. The highest BCUT2D eigenvalue weighted by Crippen LogP contribution is 2.20. The highest BCUT2D eigenvalue weighted by Gasteiger charge is 2.15. The van der Waals surface area contributed by atoms with Gasteiger partial charge in [0, 0.05) is 17.6 Å². The Morgan fingerprint density at radius 3 is 2.70 bits per heavy atom. The Bertz CT molecular complexity index is 619. The van der Waals surface area contributed by atoms with E-state index >= 15 is 0 Å². The molecule has 20 heavy (non-hydrogen) atoms. The molecule has 0 radical (unpaired) electrons. The van der Waals surface area contributed by atoms with Crippen LogP contribution in [-0.2, 0) is 0 Å². The Balaban J connectivity index is 2.12. The topological polar surface area (TPSA) is 51.7 Å². The monoisotopic (exact) mass is 336 g/mol. The molecular formula is C14H13BrN2O3. The number of methoxy groups -OCH3 is 1. The Labute approximate surface area is 125 Å². The van der Waals surface area contributed by atoms with Crippen molar-refractivity contribution in [3.63, 3.8) is 0 Å². The van der Waals surface area contributed by atoms with Gasteiger partial charge in [-0.05, 0) is 24.3 Å². The number of carbonyl (C=O) groups excluding carboxylic acids is 1. The molecule has 2 rings (SSSR count). The van der Waals surface area contributed by atoms with Crippen LogP contribution in [0, 0.1) is 0 Å². The molecule has 0 atom stereocenters.